The zero-order valence-electron chi connectivity index (χ0n) is 23.2. The van der Waals surface area contributed by atoms with Crippen LogP contribution in [0, 0.1) is 0 Å². The van der Waals surface area contributed by atoms with Crippen molar-refractivity contribution in [1.82, 2.24) is 0 Å². The fourth-order valence-corrected chi connectivity index (χ4v) is 6.25. The van der Waals surface area contributed by atoms with Crippen LogP contribution < -0.4 is 0 Å². The molecule has 0 bridgehead atoms. The summed E-state index contributed by atoms with van der Waals surface area (Å²) in [5.41, 5.74) is 8.27. The zero-order chi connectivity index (χ0) is 26.7. The molecule has 4 nitrogen and oxygen atoms in total. The van der Waals surface area contributed by atoms with E-state index in [1.807, 2.05) is 0 Å². The number of aryl methyl sites for hydroxylation is 2. The Balaban J connectivity index is 1.99. The summed E-state index contributed by atoms with van der Waals surface area (Å²) < 4.78 is 0. The molecule has 2 aromatic carbocycles. The summed E-state index contributed by atoms with van der Waals surface area (Å²) in [5.74, 6) is 0. The molecular formula is C31H48B2O4. The molecule has 4 N–H and O–H groups in total. The van der Waals surface area contributed by atoms with Gasteiger partial charge in [-0.3, -0.25) is 0 Å². The van der Waals surface area contributed by atoms with Gasteiger partial charge in [0.25, 0.3) is 0 Å². The van der Waals surface area contributed by atoms with E-state index in [-0.39, 0.29) is 5.41 Å². The quantitative estimate of drug-likeness (QED) is 0.134. The molecule has 0 spiro atoms. The monoisotopic (exact) mass is 506 g/mol. The minimum atomic E-state index is -1.24. The van der Waals surface area contributed by atoms with Crippen LogP contribution in [-0.2, 0) is 18.3 Å². The molecule has 202 valence electrons. The lowest BCUT2D eigenvalue weighted by molar-refractivity contribution is 0.399. The Hall–Kier alpha value is -1.59. The van der Waals surface area contributed by atoms with Crippen molar-refractivity contribution >= 4 is 14.2 Å². The first-order valence-electron chi connectivity index (χ1n) is 14.9. The standard InChI is InChI=1S/C31H48B2O4/c1-3-5-7-9-19-31(20-10-8-6-4-2)29-23-25(13-11-21-32(34)35)15-17-27(29)28-18-16-26(24-30(28)31)14-12-22-33(36)37/h15-18,23-24,34-37H,3-14,19-22H2,1-2H3. The van der Waals surface area contributed by atoms with Crippen LogP contribution in [0.2, 0.25) is 12.6 Å². The molecule has 1 aliphatic rings. The molecule has 2 aromatic rings. The third kappa shape index (κ3) is 8.20. The Morgan fingerprint density at radius 1 is 0.568 bits per heavy atom. The van der Waals surface area contributed by atoms with Crippen LogP contribution in [-0.4, -0.2) is 34.3 Å². The van der Waals surface area contributed by atoms with Gasteiger partial charge in [-0.15, -0.1) is 0 Å². The Morgan fingerprint density at radius 3 is 1.38 bits per heavy atom. The Bertz CT molecular complexity index is 883. The van der Waals surface area contributed by atoms with Gasteiger partial charge in [0, 0.05) is 5.41 Å². The maximum atomic E-state index is 9.31. The highest BCUT2D eigenvalue weighted by Crippen LogP contribution is 2.54. The topological polar surface area (TPSA) is 80.9 Å². The van der Waals surface area contributed by atoms with Gasteiger partial charge in [0.1, 0.15) is 0 Å². The second kappa shape index (κ2) is 15.1. The van der Waals surface area contributed by atoms with Gasteiger partial charge in [-0.05, 0) is 71.7 Å². The van der Waals surface area contributed by atoms with Crippen molar-refractivity contribution in [2.45, 2.75) is 122 Å². The first-order valence-corrected chi connectivity index (χ1v) is 14.9. The summed E-state index contributed by atoms with van der Waals surface area (Å²) in [6, 6.07) is 13.9. The maximum Gasteiger partial charge on any atom is 0.451 e. The van der Waals surface area contributed by atoms with Crippen LogP contribution in [0.15, 0.2) is 36.4 Å². The third-order valence-electron chi connectivity index (χ3n) is 8.26. The van der Waals surface area contributed by atoms with Crippen molar-refractivity contribution in [2.75, 3.05) is 0 Å². The van der Waals surface area contributed by atoms with E-state index in [0.29, 0.717) is 12.6 Å². The molecule has 0 atom stereocenters. The summed E-state index contributed by atoms with van der Waals surface area (Å²) in [7, 11) is -2.47. The normalized spacial score (nSPS) is 13.5. The van der Waals surface area contributed by atoms with Gasteiger partial charge < -0.3 is 20.1 Å². The van der Waals surface area contributed by atoms with Crippen LogP contribution >= 0.6 is 0 Å². The van der Waals surface area contributed by atoms with Crippen LogP contribution in [0.25, 0.3) is 11.1 Å². The van der Waals surface area contributed by atoms with E-state index in [9.17, 15) is 20.1 Å². The molecule has 0 aromatic heterocycles. The lowest BCUT2D eigenvalue weighted by Gasteiger charge is -2.33. The van der Waals surface area contributed by atoms with Gasteiger partial charge in [0.05, 0.1) is 0 Å². The zero-order valence-corrected chi connectivity index (χ0v) is 23.2. The predicted octanol–water partition coefficient (Wildman–Crippen LogP) is 6.70. The van der Waals surface area contributed by atoms with Crippen molar-refractivity contribution < 1.29 is 20.1 Å². The van der Waals surface area contributed by atoms with Crippen LogP contribution in [0.3, 0.4) is 0 Å². The number of fused-ring (bicyclic) bond motifs is 3. The summed E-state index contributed by atoms with van der Waals surface area (Å²) in [5, 5.41) is 37.3. The predicted molar refractivity (Wildman–Crippen MR) is 157 cm³/mol. The van der Waals surface area contributed by atoms with Crippen LogP contribution in [0.1, 0.15) is 113 Å². The summed E-state index contributed by atoms with van der Waals surface area (Å²) >= 11 is 0. The minimum Gasteiger partial charge on any atom is -0.427 e. The van der Waals surface area contributed by atoms with Gasteiger partial charge in [-0.1, -0.05) is 114 Å². The second-order valence-corrected chi connectivity index (χ2v) is 11.2. The smallest absolute Gasteiger partial charge is 0.427 e. The van der Waals surface area contributed by atoms with Gasteiger partial charge in [0.2, 0.25) is 0 Å². The van der Waals surface area contributed by atoms with Gasteiger partial charge in [-0.2, -0.15) is 0 Å². The van der Waals surface area contributed by atoms with Crippen molar-refractivity contribution in [3.05, 3.63) is 58.7 Å². The number of hydrogen-bond donors (Lipinski definition) is 4. The highest BCUT2D eigenvalue weighted by Gasteiger charge is 2.42. The van der Waals surface area contributed by atoms with E-state index in [1.165, 1.54) is 84.7 Å². The first kappa shape index (κ1) is 30.0. The average Bonchev–Trinajstić information content (AvgIpc) is 3.13. The van der Waals surface area contributed by atoms with Crippen molar-refractivity contribution in [3.63, 3.8) is 0 Å². The highest BCUT2D eigenvalue weighted by molar-refractivity contribution is 6.41. The first-order chi connectivity index (χ1) is 17.9. The van der Waals surface area contributed by atoms with Crippen molar-refractivity contribution in [2.24, 2.45) is 0 Å². The number of unbranched alkanes of at least 4 members (excludes halogenated alkanes) is 6. The Morgan fingerprint density at radius 2 is 1.00 bits per heavy atom. The van der Waals surface area contributed by atoms with E-state index in [4.69, 9.17) is 0 Å². The molecule has 0 unspecified atom stereocenters. The fraction of sp³-hybridized carbons (Fsp3) is 0.613. The molecule has 0 amide bonds. The molecule has 0 saturated heterocycles. The third-order valence-corrected chi connectivity index (χ3v) is 8.26. The largest absolute Gasteiger partial charge is 0.451 e. The minimum absolute atomic E-state index is 0.0190. The van der Waals surface area contributed by atoms with E-state index < -0.39 is 14.2 Å². The molecule has 0 radical (unpaired) electrons. The summed E-state index contributed by atoms with van der Waals surface area (Å²) in [6.45, 7) is 4.54. The second-order valence-electron chi connectivity index (χ2n) is 11.2. The molecule has 3 rings (SSSR count). The van der Waals surface area contributed by atoms with Gasteiger partial charge >= 0.3 is 14.2 Å². The highest BCUT2D eigenvalue weighted by atomic mass is 16.4. The SMILES string of the molecule is CCCCCCC1(CCCCCC)c2cc(CCCB(O)O)ccc2-c2ccc(CCCB(O)O)cc21. The Labute approximate surface area is 225 Å². The molecule has 0 heterocycles. The van der Waals surface area contributed by atoms with E-state index in [1.54, 1.807) is 0 Å². The molecule has 0 saturated carbocycles. The lowest BCUT2D eigenvalue weighted by Crippen LogP contribution is -2.26. The number of hydrogen-bond acceptors (Lipinski definition) is 4. The Kier molecular flexibility index (Phi) is 12.2. The molecule has 1 aliphatic carbocycles. The van der Waals surface area contributed by atoms with Crippen LogP contribution in [0.4, 0.5) is 0 Å². The molecule has 37 heavy (non-hydrogen) atoms. The summed E-state index contributed by atoms with van der Waals surface area (Å²) in [6.07, 6.45) is 16.4. The molecule has 6 heteroatoms. The van der Waals surface area contributed by atoms with Gasteiger partial charge in [0.15, 0.2) is 0 Å². The number of rotatable bonds is 18. The molecule has 0 aliphatic heterocycles. The summed E-state index contributed by atoms with van der Waals surface area (Å²) in [4.78, 5) is 0. The maximum absolute atomic E-state index is 9.31. The molecule has 0 fully saturated rings. The van der Waals surface area contributed by atoms with Crippen molar-refractivity contribution in [1.29, 1.82) is 0 Å². The van der Waals surface area contributed by atoms with E-state index >= 15 is 0 Å². The lowest BCUT2D eigenvalue weighted by atomic mass is 9.70. The van der Waals surface area contributed by atoms with Crippen molar-refractivity contribution in [3.8, 4) is 11.1 Å². The number of benzene rings is 2. The molecular weight excluding hydrogens is 458 g/mol. The van der Waals surface area contributed by atoms with Crippen LogP contribution in [0.5, 0.6) is 0 Å². The fourth-order valence-electron chi connectivity index (χ4n) is 6.25. The van der Waals surface area contributed by atoms with E-state index in [0.717, 1.165) is 38.5 Å². The average molecular weight is 506 g/mol. The van der Waals surface area contributed by atoms with Gasteiger partial charge in [-0.25, -0.2) is 0 Å². The van der Waals surface area contributed by atoms with E-state index in [2.05, 4.69) is 50.2 Å².